The molecule has 34 heavy (non-hydrogen) atoms. The van der Waals surface area contributed by atoms with Crippen LogP contribution in [0.2, 0.25) is 10.0 Å². The molecule has 2 aliphatic heterocycles. The highest BCUT2D eigenvalue weighted by molar-refractivity contribution is 9.10. The van der Waals surface area contributed by atoms with Crippen molar-refractivity contribution in [2.45, 2.75) is 44.8 Å². The van der Waals surface area contributed by atoms with Gasteiger partial charge in [-0.2, -0.15) is 5.10 Å². The molecule has 2 N–H and O–H groups in total. The molecule has 1 amide bonds. The molecule has 0 aliphatic carbocycles. The summed E-state index contributed by atoms with van der Waals surface area (Å²) in [7, 11) is 0. The van der Waals surface area contributed by atoms with E-state index in [0.717, 1.165) is 53.6 Å². The van der Waals surface area contributed by atoms with E-state index >= 15 is 0 Å². The number of nitrogens with one attached hydrogen (secondary N) is 2. The second-order valence-corrected chi connectivity index (χ2v) is 11.0. The van der Waals surface area contributed by atoms with E-state index in [1.54, 1.807) is 16.8 Å². The van der Waals surface area contributed by atoms with Crippen molar-refractivity contribution < 1.29 is 9.53 Å². The molecular formula is C25H25BrCl2N4O2. The number of hydrogen-bond acceptors (Lipinski definition) is 4. The van der Waals surface area contributed by atoms with Crippen LogP contribution < -0.4 is 15.4 Å². The second-order valence-electron chi connectivity index (χ2n) is 9.20. The maximum Gasteiger partial charge on any atom is 0.272 e. The number of amides is 1. The van der Waals surface area contributed by atoms with Gasteiger partial charge in [-0.25, -0.2) is 4.68 Å². The van der Waals surface area contributed by atoms with E-state index in [4.69, 9.17) is 33.0 Å². The van der Waals surface area contributed by atoms with Gasteiger partial charge in [0.25, 0.3) is 5.91 Å². The first-order chi connectivity index (χ1) is 16.2. The van der Waals surface area contributed by atoms with Gasteiger partial charge in [0, 0.05) is 27.6 Å². The monoisotopic (exact) mass is 562 g/mol. The zero-order chi connectivity index (χ0) is 24.0. The topological polar surface area (TPSA) is 68.2 Å². The fourth-order valence-electron chi connectivity index (χ4n) is 4.72. The summed E-state index contributed by atoms with van der Waals surface area (Å²) in [6.07, 6.45) is 3.11. The number of fused-ring (bicyclic) bond motifs is 3. The Hall–Kier alpha value is -2.06. The van der Waals surface area contributed by atoms with Gasteiger partial charge in [0.15, 0.2) is 5.69 Å². The molecule has 0 radical (unpaired) electrons. The molecule has 6 nitrogen and oxygen atoms in total. The quantitative estimate of drug-likeness (QED) is 0.403. The van der Waals surface area contributed by atoms with E-state index in [0.29, 0.717) is 27.2 Å². The smallest absolute Gasteiger partial charge is 0.272 e. The van der Waals surface area contributed by atoms with Gasteiger partial charge in [0.2, 0.25) is 0 Å². The third-order valence-electron chi connectivity index (χ3n) is 6.29. The Morgan fingerprint density at radius 3 is 2.85 bits per heavy atom. The van der Waals surface area contributed by atoms with Gasteiger partial charge in [-0.15, -0.1) is 0 Å². The number of benzene rings is 2. The number of hydrogen-bond donors (Lipinski definition) is 2. The van der Waals surface area contributed by atoms with Crippen molar-refractivity contribution in [3.8, 4) is 22.7 Å². The Bertz CT molecular complexity index is 1270. The summed E-state index contributed by atoms with van der Waals surface area (Å²) < 4.78 is 9.04. The fourth-order valence-corrected chi connectivity index (χ4v) is 5.55. The van der Waals surface area contributed by atoms with Crippen LogP contribution in [0.5, 0.6) is 5.75 Å². The zero-order valence-electron chi connectivity index (χ0n) is 18.9. The molecule has 178 valence electrons. The molecule has 2 aromatic carbocycles. The van der Waals surface area contributed by atoms with Crippen molar-refractivity contribution in [3.63, 3.8) is 0 Å². The molecule has 0 bridgehead atoms. The Balaban J connectivity index is 1.69. The van der Waals surface area contributed by atoms with Crippen molar-refractivity contribution in [1.82, 2.24) is 20.4 Å². The molecule has 5 rings (SSSR count). The third-order valence-corrected chi connectivity index (χ3v) is 7.32. The number of halogens is 3. The maximum atomic E-state index is 13.6. The first-order valence-corrected chi connectivity index (χ1v) is 12.9. The van der Waals surface area contributed by atoms with E-state index in [9.17, 15) is 4.79 Å². The molecular weight excluding hydrogens is 539 g/mol. The van der Waals surface area contributed by atoms with Gasteiger partial charge in [0.05, 0.1) is 22.0 Å². The normalized spacial score (nSPS) is 18.9. The molecule has 1 saturated heterocycles. The first kappa shape index (κ1) is 23.7. The maximum absolute atomic E-state index is 13.6. The molecule has 1 unspecified atom stereocenters. The summed E-state index contributed by atoms with van der Waals surface area (Å²) >= 11 is 16.3. The van der Waals surface area contributed by atoms with Crippen LogP contribution in [-0.2, 0) is 5.60 Å². The van der Waals surface area contributed by atoms with Gasteiger partial charge in [-0.1, -0.05) is 45.6 Å². The molecule has 3 heterocycles. The first-order valence-electron chi connectivity index (χ1n) is 11.3. The van der Waals surface area contributed by atoms with Crippen molar-refractivity contribution >= 4 is 45.0 Å². The third kappa shape index (κ3) is 4.35. The van der Waals surface area contributed by atoms with E-state index in [1.165, 1.54) is 0 Å². The predicted molar refractivity (Wildman–Crippen MR) is 138 cm³/mol. The molecule has 1 aromatic heterocycles. The minimum atomic E-state index is -0.797. The van der Waals surface area contributed by atoms with Gasteiger partial charge < -0.3 is 15.4 Å². The van der Waals surface area contributed by atoms with Gasteiger partial charge in [-0.05, 0) is 69.6 Å². The summed E-state index contributed by atoms with van der Waals surface area (Å²) in [6, 6.07) is 11.1. The summed E-state index contributed by atoms with van der Waals surface area (Å²) in [4.78, 5) is 13.6. The highest BCUT2D eigenvalue weighted by Crippen LogP contribution is 2.48. The van der Waals surface area contributed by atoms with Crippen LogP contribution in [-0.4, -0.2) is 34.8 Å². The molecule has 0 spiro atoms. The molecule has 1 fully saturated rings. The van der Waals surface area contributed by atoms with Crippen LogP contribution in [0.3, 0.4) is 0 Å². The summed E-state index contributed by atoms with van der Waals surface area (Å²) in [6.45, 7) is 5.62. The number of nitrogens with zero attached hydrogens (tertiary/aromatic N) is 2. The molecule has 9 heteroatoms. The van der Waals surface area contributed by atoms with Crippen molar-refractivity contribution in [2.24, 2.45) is 0 Å². The second kappa shape index (κ2) is 9.19. The highest BCUT2D eigenvalue weighted by atomic mass is 79.9. The number of ether oxygens (including phenoxy) is 1. The van der Waals surface area contributed by atoms with Gasteiger partial charge in [-0.3, -0.25) is 4.79 Å². The largest absolute Gasteiger partial charge is 0.482 e. The standard InChI is InChI=1S/C25H25BrCl2N4O2/c1-25(2)21-22(24(33)30-16-5-3-4-10-29-13-16)31-32(19-9-7-15(27)12-18(19)28)23(21)17-8-6-14(26)11-20(17)34-25/h6-9,11-12,16,29H,3-5,10,13H2,1-2H3,(H,30,33). The predicted octanol–water partition coefficient (Wildman–Crippen LogP) is 6.11. The summed E-state index contributed by atoms with van der Waals surface area (Å²) in [5.41, 5.74) is 2.54. The molecule has 3 aromatic rings. The lowest BCUT2D eigenvalue weighted by atomic mass is 9.88. The van der Waals surface area contributed by atoms with Crippen LogP contribution in [0.4, 0.5) is 0 Å². The lowest BCUT2D eigenvalue weighted by Crippen LogP contribution is -2.42. The zero-order valence-corrected chi connectivity index (χ0v) is 22.0. The van der Waals surface area contributed by atoms with Crippen LogP contribution in [0, 0.1) is 0 Å². The van der Waals surface area contributed by atoms with Gasteiger partial charge >= 0.3 is 0 Å². The van der Waals surface area contributed by atoms with Gasteiger partial charge in [0.1, 0.15) is 11.4 Å². The highest BCUT2D eigenvalue weighted by Gasteiger charge is 2.41. The van der Waals surface area contributed by atoms with E-state index in [2.05, 4.69) is 26.6 Å². The lowest BCUT2D eigenvalue weighted by Gasteiger charge is -2.33. The van der Waals surface area contributed by atoms with Crippen molar-refractivity contribution in [1.29, 1.82) is 0 Å². The number of carbonyl (C=O) groups is 1. The number of aromatic nitrogens is 2. The van der Waals surface area contributed by atoms with Crippen LogP contribution in [0.15, 0.2) is 40.9 Å². The van der Waals surface area contributed by atoms with E-state index < -0.39 is 5.60 Å². The molecule has 0 saturated carbocycles. The molecule has 2 aliphatic rings. The number of rotatable bonds is 3. The SMILES string of the molecule is CC1(C)Oc2cc(Br)ccc2-c2c1c(C(=O)NC1CCCCNC1)nn2-c1ccc(Cl)cc1Cl. The minimum absolute atomic E-state index is 0.0470. The Kier molecular flexibility index (Phi) is 6.40. The molecule has 1 atom stereocenters. The van der Waals surface area contributed by atoms with Crippen LogP contribution in [0.25, 0.3) is 16.9 Å². The van der Waals surface area contributed by atoms with Crippen molar-refractivity contribution in [2.75, 3.05) is 13.1 Å². The van der Waals surface area contributed by atoms with Crippen LogP contribution in [0.1, 0.15) is 49.2 Å². The Morgan fingerprint density at radius 1 is 1.24 bits per heavy atom. The van der Waals surface area contributed by atoms with Crippen molar-refractivity contribution in [3.05, 3.63) is 62.2 Å². The Labute approximate surface area is 217 Å². The Morgan fingerprint density at radius 2 is 2.06 bits per heavy atom. The van der Waals surface area contributed by atoms with Crippen LogP contribution >= 0.6 is 39.1 Å². The summed E-state index contributed by atoms with van der Waals surface area (Å²) in [5, 5.41) is 12.4. The van der Waals surface area contributed by atoms with E-state index in [-0.39, 0.29) is 11.9 Å². The number of carbonyl (C=O) groups excluding carboxylic acids is 1. The van der Waals surface area contributed by atoms with E-state index in [1.807, 2.05) is 38.1 Å². The summed E-state index contributed by atoms with van der Waals surface area (Å²) in [5.74, 6) is 0.490. The lowest BCUT2D eigenvalue weighted by molar-refractivity contribution is 0.0885. The minimum Gasteiger partial charge on any atom is -0.482 e. The average Bonchev–Trinajstić information content (AvgIpc) is 2.99. The fraction of sp³-hybridized carbons (Fsp3) is 0.360. The average molecular weight is 564 g/mol.